The second-order valence-corrected chi connectivity index (χ2v) is 9.17. The zero-order chi connectivity index (χ0) is 23.8. The maximum atomic E-state index is 13.1. The van der Waals surface area contributed by atoms with Crippen molar-refractivity contribution in [2.45, 2.75) is 20.3 Å². The highest BCUT2D eigenvalue weighted by Gasteiger charge is 2.26. The zero-order valence-electron chi connectivity index (χ0n) is 19.0. The number of rotatable bonds is 3. The largest absolute Gasteiger partial charge is 0.354 e. The van der Waals surface area contributed by atoms with Gasteiger partial charge in [0.2, 0.25) is 0 Å². The molecule has 0 N–H and O–H groups in total. The Hall–Kier alpha value is -3.16. The van der Waals surface area contributed by atoms with E-state index in [-0.39, 0.29) is 5.91 Å². The van der Waals surface area contributed by atoms with Crippen molar-refractivity contribution in [3.63, 3.8) is 0 Å². The number of carbonyl (C=O) groups excluding carboxylic acids is 1. The second kappa shape index (κ2) is 9.24. The summed E-state index contributed by atoms with van der Waals surface area (Å²) < 4.78 is 1.79. The lowest BCUT2D eigenvalue weighted by Gasteiger charge is -2.24. The Morgan fingerprint density at radius 3 is 2.38 bits per heavy atom. The van der Waals surface area contributed by atoms with Crippen molar-refractivity contribution in [1.82, 2.24) is 24.6 Å². The van der Waals surface area contributed by atoms with Crippen molar-refractivity contribution < 1.29 is 4.79 Å². The van der Waals surface area contributed by atoms with E-state index in [2.05, 4.69) is 4.90 Å². The molecule has 34 heavy (non-hydrogen) atoms. The van der Waals surface area contributed by atoms with E-state index in [1.54, 1.807) is 16.8 Å². The summed E-state index contributed by atoms with van der Waals surface area (Å²) in [4.78, 5) is 26.7. The van der Waals surface area contributed by atoms with Crippen LogP contribution >= 0.6 is 23.2 Å². The summed E-state index contributed by atoms with van der Waals surface area (Å²) in [6.45, 7) is 6.50. The van der Waals surface area contributed by atoms with Gasteiger partial charge in [-0.1, -0.05) is 47.5 Å². The first-order valence-corrected chi connectivity index (χ1v) is 12.0. The monoisotopic (exact) mass is 494 g/mol. The number of hydrogen-bond acceptors (Lipinski definition) is 5. The van der Waals surface area contributed by atoms with Crippen molar-refractivity contribution in [3.8, 4) is 5.69 Å². The van der Waals surface area contributed by atoms with Gasteiger partial charge in [0.25, 0.3) is 5.91 Å². The number of aromatic nitrogens is 4. The van der Waals surface area contributed by atoms with E-state index < -0.39 is 0 Å². The standard InChI is InChI=1S/C25H24Cl2N6O/c1-16-22-23(28-17(2)29-24(22)33(30-16)21-11-6-5-10-20(21)27)31-12-7-13-32(15-14-31)25(34)18-8-3-4-9-19(18)26/h3-6,8-11H,7,12-15H2,1-2H3. The fourth-order valence-electron chi connectivity index (χ4n) is 4.43. The predicted molar refractivity (Wildman–Crippen MR) is 135 cm³/mol. The van der Waals surface area contributed by atoms with Crippen molar-refractivity contribution in [2.24, 2.45) is 0 Å². The number of hydrogen-bond donors (Lipinski definition) is 0. The molecule has 0 bridgehead atoms. The van der Waals surface area contributed by atoms with Crippen molar-refractivity contribution in [2.75, 3.05) is 31.1 Å². The number of fused-ring (bicyclic) bond motifs is 1. The van der Waals surface area contributed by atoms with Gasteiger partial charge in [-0.3, -0.25) is 4.79 Å². The highest BCUT2D eigenvalue weighted by atomic mass is 35.5. The molecule has 5 rings (SSSR count). The van der Waals surface area contributed by atoms with E-state index in [4.69, 9.17) is 38.3 Å². The van der Waals surface area contributed by atoms with Crippen LogP contribution in [0.15, 0.2) is 48.5 Å². The Labute approximate surface area is 207 Å². The van der Waals surface area contributed by atoms with Crippen LogP contribution in [0.1, 0.15) is 28.3 Å². The lowest BCUT2D eigenvalue weighted by atomic mass is 10.2. The summed E-state index contributed by atoms with van der Waals surface area (Å²) in [7, 11) is 0. The van der Waals surface area contributed by atoms with Crippen LogP contribution in [0.4, 0.5) is 5.82 Å². The molecule has 0 aliphatic carbocycles. The molecule has 1 amide bonds. The number of carbonyl (C=O) groups is 1. The minimum absolute atomic E-state index is 0.0424. The summed E-state index contributed by atoms with van der Waals surface area (Å²) in [6.07, 6.45) is 0.818. The van der Waals surface area contributed by atoms with Crippen LogP contribution in [-0.2, 0) is 0 Å². The Morgan fingerprint density at radius 1 is 0.882 bits per heavy atom. The summed E-state index contributed by atoms with van der Waals surface area (Å²) in [5.74, 6) is 1.45. The third-order valence-corrected chi connectivity index (χ3v) is 6.71. The molecular formula is C25H24Cl2N6O. The van der Waals surface area contributed by atoms with Crippen LogP contribution in [0.2, 0.25) is 10.0 Å². The minimum atomic E-state index is -0.0424. The molecule has 0 unspecified atom stereocenters. The summed E-state index contributed by atoms with van der Waals surface area (Å²) in [5.41, 5.74) is 2.87. The van der Waals surface area contributed by atoms with Gasteiger partial charge >= 0.3 is 0 Å². The summed E-state index contributed by atoms with van der Waals surface area (Å²) in [5, 5.41) is 6.74. The van der Waals surface area contributed by atoms with Gasteiger partial charge in [0, 0.05) is 26.2 Å². The van der Waals surface area contributed by atoms with Gasteiger partial charge < -0.3 is 9.80 Å². The van der Waals surface area contributed by atoms with Gasteiger partial charge in [-0.25, -0.2) is 14.6 Å². The second-order valence-electron chi connectivity index (χ2n) is 8.35. The van der Waals surface area contributed by atoms with Gasteiger partial charge in [0.15, 0.2) is 5.65 Å². The first-order valence-electron chi connectivity index (χ1n) is 11.2. The van der Waals surface area contributed by atoms with Crippen molar-refractivity contribution in [3.05, 3.63) is 75.7 Å². The number of benzene rings is 2. The first-order chi connectivity index (χ1) is 16.4. The van der Waals surface area contributed by atoms with E-state index in [1.165, 1.54) is 0 Å². The molecule has 2 aromatic heterocycles. The molecule has 1 aliphatic heterocycles. The number of aryl methyl sites for hydroxylation is 2. The maximum Gasteiger partial charge on any atom is 0.255 e. The molecule has 9 heteroatoms. The number of nitrogens with zero attached hydrogens (tertiary/aromatic N) is 6. The van der Waals surface area contributed by atoms with Gasteiger partial charge in [-0.2, -0.15) is 5.10 Å². The third-order valence-electron chi connectivity index (χ3n) is 6.06. The normalized spacial score (nSPS) is 14.5. The van der Waals surface area contributed by atoms with E-state index in [0.29, 0.717) is 41.1 Å². The van der Waals surface area contributed by atoms with Gasteiger partial charge in [-0.05, 0) is 44.5 Å². The van der Waals surface area contributed by atoms with Crippen LogP contribution in [0.5, 0.6) is 0 Å². The number of amides is 1. The first kappa shape index (κ1) is 22.6. The molecule has 7 nitrogen and oxygen atoms in total. The van der Waals surface area contributed by atoms with Crippen molar-refractivity contribution >= 4 is 46.0 Å². The molecule has 0 radical (unpaired) electrons. The molecule has 2 aromatic carbocycles. The number of para-hydroxylation sites is 1. The van der Waals surface area contributed by atoms with Crippen LogP contribution in [0.25, 0.3) is 16.7 Å². The fourth-order valence-corrected chi connectivity index (χ4v) is 4.86. The predicted octanol–water partition coefficient (Wildman–Crippen LogP) is 5.09. The molecule has 3 heterocycles. The molecular weight excluding hydrogens is 471 g/mol. The van der Waals surface area contributed by atoms with E-state index in [0.717, 1.165) is 41.2 Å². The van der Waals surface area contributed by atoms with Crippen LogP contribution in [-0.4, -0.2) is 56.7 Å². The molecule has 1 fully saturated rings. The average Bonchev–Trinajstić information content (AvgIpc) is 2.99. The Morgan fingerprint density at radius 2 is 1.62 bits per heavy atom. The molecule has 4 aromatic rings. The molecule has 1 saturated heterocycles. The number of halogens is 2. The van der Waals surface area contributed by atoms with E-state index in [9.17, 15) is 4.79 Å². The smallest absolute Gasteiger partial charge is 0.255 e. The molecule has 174 valence electrons. The molecule has 0 atom stereocenters. The quantitative estimate of drug-likeness (QED) is 0.396. The molecule has 0 saturated carbocycles. The topological polar surface area (TPSA) is 67.2 Å². The lowest BCUT2D eigenvalue weighted by molar-refractivity contribution is 0.0767. The van der Waals surface area contributed by atoms with Gasteiger partial charge in [0.05, 0.1) is 32.4 Å². The highest BCUT2D eigenvalue weighted by Crippen LogP contribution is 2.31. The van der Waals surface area contributed by atoms with Crippen LogP contribution in [0.3, 0.4) is 0 Å². The van der Waals surface area contributed by atoms with Crippen molar-refractivity contribution in [1.29, 1.82) is 0 Å². The highest BCUT2D eigenvalue weighted by molar-refractivity contribution is 6.33. The Balaban J connectivity index is 1.49. The maximum absolute atomic E-state index is 13.1. The van der Waals surface area contributed by atoms with Gasteiger partial charge in [0.1, 0.15) is 11.6 Å². The lowest BCUT2D eigenvalue weighted by Crippen LogP contribution is -2.35. The van der Waals surface area contributed by atoms with Gasteiger partial charge in [-0.15, -0.1) is 0 Å². The summed E-state index contributed by atoms with van der Waals surface area (Å²) in [6, 6.07) is 14.8. The molecule has 1 aliphatic rings. The van der Waals surface area contributed by atoms with Crippen LogP contribution in [0, 0.1) is 13.8 Å². The van der Waals surface area contributed by atoms with E-state index in [1.807, 2.05) is 55.1 Å². The Bertz CT molecular complexity index is 1390. The minimum Gasteiger partial charge on any atom is -0.354 e. The fraction of sp³-hybridized carbons (Fsp3) is 0.280. The average molecular weight is 495 g/mol. The zero-order valence-corrected chi connectivity index (χ0v) is 20.5. The number of anilines is 1. The third kappa shape index (κ3) is 4.10. The SMILES string of the molecule is Cc1nc(N2CCCN(C(=O)c3ccccc3Cl)CC2)c2c(C)nn(-c3ccccc3Cl)c2n1. The molecule has 0 spiro atoms. The van der Waals surface area contributed by atoms with E-state index >= 15 is 0 Å². The summed E-state index contributed by atoms with van der Waals surface area (Å²) >= 11 is 12.7. The Kier molecular flexibility index (Phi) is 6.15. The van der Waals surface area contributed by atoms with Crippen LogP contribution < -0.4 is 4.90 Å².